The van der Waals surface area contributed by atoms with Crippen molar-refractivity contribution in [1.82, 2.24) is 5.32 Å². The molecule has 0 spiro atoms. The van der Waals surface area contributed by atoms with Gasteiger partial charge in [-0.05, 0) is 25.0 Å². The minimum atomic E-state index is -0.780. The molecule has 172 valence electrons. The van der Waals surface area contributed by atoms with Crippen molar-refractivity contribution in [3.63, 3.8) is 0 Å². The minimum absolute atomic E-state index is 0.190. The molecule has 7 nitrogen and oxygen atoms in total. The molecule has 2 aliphatic heterocycles. The van der Waals surface area contributed by atoms with E-state index in [2.05, 4.69) is 5.32 Å². The van der Waals surface area contributed by atoms with E-state index in [1.165, 1.54) is 6.92 Å². The van der Waals surface area contributed by atoms with Crippen LogP contribution in [0.4, 0.5) is 0 Å². The first-order valence-corrected chi connectivity index (χ1v) is 11.0. The Morgan fingerprint density at radius 3 is 2.19 bits per heavy atom. The average molecular weight is 442 g/mol. The van der Waals surface area contributed by atoms with Crippen molar-refractivity contribution >= 4 is 5.91 Å². The zero-order chi connectivity index (χ0) is 22.6. The molecule has 0 saturated carbocycles. The molecule has 2 fully saturated rings. The third kappa shape index (κ3) is 5.74. The molecule has 2 saturated heterocycles. The molecule has 0 unspecified atom stereocenters. The molecule has 2 aromatic carbocycles. The largest absolute Gasteiger partial charge is 0.368 e. The summed E-state index contributed by atoms with van der Waals surface area (Å²) >= 11 is 0. The van der Waals surface area contributed by atoms with Gasteiger partial charge >= 0.3 is 0 Å². The van der Waals surface area contributed by atoms with Crippen molar-refractivity contribution in [2.45, 2.75) is 70.4 Å². The van der Waals surface area contributed by atoms with Crippen LogP contribution in [-0.2, 0) is 41.7 Å². The molecule has 0 radical (unpaired) electrons. The summed E-state index contributed by atoms with van der Waals surface area (Å²) < 4.78 is 30.8. The molecule has 2 heterocycles. The van der Waals surface area contributed by atoms with E-state index < -0.39 is 30.3 Å². The quantitative estimate of drug-likeness (QED) is 0.712. The average Bonchev–Trinajstić information content (AvgIpc) is 2.78. The van der Waals surface area contributed by atoms with E-state index in [4.69, 9.17) is 23.7 Å². The first kappa shape index (κ1) is 22.9. The Labute approximate surface area is 189 Å². The first-order valence-electron chi connectivity index (χ1n) is 11.0. The summed E-state index contributed by atoms with van der Waals surface area (Å²) in [6.07, 6.45) is -2.00. The van der Waals surface area contributed by atoms with Crippen LogP contribution < -0.4 is 5.32 Å². The number of carbonyl (C=O) groups excluding carboxylic acids is 1. The van der Waals surface area contributed by atoms with Crippen molar-refractivity contribution in [2.24, 2.45) is 0 Å². The lowest BCUT2D eigenvalue weighted by Crippen LogP contribution is -2.69. The van der Waals surface area contributed by atoms with Crippen LogP contribution in [0.5, 0.6) is 0 Å². The number of benzene rings is 2. The van der Waals surface area contributed by atoms with Gasteiger partial charge in [0.2, 0.25) is 5.91 Å². The molecule has 5 atom stereocenters. The maximum absolute atomic E-state index is 12.1. The summed E-state index contributed by atoms with van der Waals surface area (Å²) in [6, 6.07) is 19.2. The lowest BCUT2D eigenvalue weighted by molar-refractivity contribution is -0.374. The summed E-state index contributed by atoms with van der Waals surface area (Å²) in [5, 5.41) is 2.98. The molecule has 7 heteroatoms. The summed E-state index contributed by atoms with van der Waals surface area (Å²) in [4.78, 5) is 12.1. The number of rotatable bonds is 7. The van der Waals surface area contributed by atoms with Crippen LogP contribution in [-0.4, -0.2) is 48.9 Å². The fraction of sp³-hybridized carbons (Fsp3) is 0.480. The Bertz CT molecular complexity index is 875. The highest BCUT2D eigenvalue weighted by molar-refractivity contribution is 5.73. The van der Waals surface area contributed by atoms with Gasteiger partial charge in [-0.25, -0.2) is 0 Å². The molecular formula is C25H31NO6. The highest BCUT2D eigenvalue weighted by Crippen LogP contribution is 2.35. The monoisotopic (exact) mass is 441 g/mol. The molecule has 0 aromatic heterocycles. The lowest BCUT2D eigenvalue weighted by Gasteiger charge is -2.51. The zero-order valence-electron chi connectivity index (χ0n) is 18.7. The second kappa shape index (κ2) is 10.1. The Morgan fingerprint density at radius 1 is 1.00 bits per heavy atom. The van der Waals surface area contributed by atoms with Crippen LogP contribution in [0.2, 0.25) is 0 Å². The SMILES string of the molecule is CC(=O)N[C@H]1[C@H](OCc2ccccc2)O[C@@H]2COC(C)(C)O[C@H]2[C@@H]1OCc1ccccc1. The van der Waals surface area contributed by atoms with Gasteiger partial charge in [0.05, 0.1) is 19.8 Å². The van der Waals surface area contributed by atoms with E-state index in [9.17, 15) is 4.79 Å². The number of carbonyl (C=O) groups is 1. The molecular weight excluding hydrogens is 410 g/mol. The molecule has 2 aromatic rings. The van der Waals surface area contributed by atoms with Crippen molar-refractivity contribution in [3.8, 4) is 0 Å². The fourth-order valence-electron chi connectivity index (χ4n) is 4.07. The van der Waals surface area contributed by atoms with E-state index in [0.29, 0.717) is 19.8 Å². The summed E-state index contributed by atoms with van der Waals surface area (Å²) in [6.45, 7) is 6.27. The number of nitrogens with one attached hydrogen (secondary N) is 1. The van der Waals surface area contributed by atoms with Gasteiger partial charge in [-0.2, -0.15) is 0 Å². The van der Waals surface area contributed by atoms with Crippen LogP contribution in [0, 0.1) is 0 Å². The maximum atomic E-state index is 12.1. The minimum Gasteiger partial charge on any atom is -0.368 e. The van der Waals surface area contributed by atoms with Crippen LogP contribution >= 0.6 is 0 Å². The van der Waals surface area contributed by atoms with Crippen LogP contribution in [0.25, 0.3) is 0 Å². The van der Waals surface area contributed by atoms with Gasteiger partial charge in [-0.15, -0.1) is 0 Å². The lowest BCUT2D eigenvalue weighted by atomic mass is 9.94. The molecule has 2 aliphatic rings. The van der Waals surface area contributed by atoms with Gasteiger partial charge in [-0.1, -0.05) is 60.7 Å². The second-order valence-corrected chi connectivity index (χ2v) is 8.62. The van der Waals surface area contributed by atoms with E-state index in [1.54, 1.807) is 0 Å². The molecule has 0 bridgehead atoms. The molecule has 0 aliphatic carbocycles. The summed E-state index contributed by atoms with van der Waals surface area (Å²) in [5.74, 6) is -0.970. The number of ether oxygens (including phenoxy) is 5. The summed E-state index contributed by atoms with van der Waals surface area (Å²) in [5.41, 5.74) is 2.05. The van der Waals surface area contributed by atoms with Crippen LogP contribution in [0.1, 0.15) is 31.9 Å². The zero-order valence-corrected chi connectivity index (χ0v) is 18.7. The Morgan fingerprint density at radius 2 is 1.59 bits per heavy atom. The number of hydrogen-bond acceptors (Lipinski definition) is 6. The first-order chi connectivity index (χ1) is 15.4. The van der Waals surface area contributed by atoms with E-state index in [-0.39, 0.29) is 12.0 Å². The number of amides is 1. The Hall–Kier alpha value is -2.29. The highest BCUT2D eigenvalue weighted by Gasteiger charge is 2.52. The van der Waals surface area contributed by atoms with Crippen molar-refractivity contribution in [3.05, 3.63) is 71.8 Å². The molecule has 4 rings (SSSR count). The van der Waals surface area contributed by atoms with E-state index >= 15 is 0 Å². The number of hydrogen-bond donors (Lipinski definition) is 1. The normalized spacial score (nSPS) is 29.2. The van der Waals surface area contributed by atoms with Gasteiger partial charge in [0.25, 0.3) is 0 Å². The van der Waals surface area contributed by atoms with E-state index in [1.807, 2.05) is 74.5 Å². The van der Waals surface area contributed by atoms with Crippen molar-refractivity contribution in [1.29, 1.82) is 0 Å². The third-order valence-electron chi connectivity index (χ3n) is 5.57. The van der Waals surface area contributed by atoms with Gasteiger partial charge in [0, 0.05) is 6.92 Å². The van der Waals surface area contributed by atoms with Gasteiger partial charge in [0.1, 0.15) is 24.4 Å². The maximum Gasteiger partial charge on any atom is 0.217 e. The van der Waals surface area contributed by atoms with Gasteiger partial charge in [-0.3, -0.25) is 4.79 Å². The second-order valence-electron chi connectivity index (χ2n) is 8.62. The smallest absolute Gasteiger partial charge is 0.217 e. The third-order valence-corrected chi connectivity index (χ3v) is 5.57. The van der Waals surface area contributed by atoms with Gasteiger partial charge < -0.3 is 29.0 Å². The molecule has 32 heavy (non-hydrogen) atoms. The topological polar surface area (TPSA) is 75.3 Å². The Kier molecular flexibility index (Phi) is 7.23. The molecule has 1 N–H and O–H groups in total. The van der Waals surface area contributed by atoms with Crippen LogP contribution in [0.3, 0.4) is 0 Å². The molecule has 1 amide bonds. The summed E-state index contributed by atoms with van der Waals surface area (Å²) in [7, 11) is 0. The van der Waals surface area contributed by atoms with Crippen molar-refractivity contribution < 1.29 is 28.5 Å². The van der Waals surface area contributed by atoms with Gasteiger partial charge in [0.15, 0.2) is 12.1 Å². The fourth-order valence-corrected chi connectivity index (χ4v) is 4.07. The van der Waals surface area contributed by atoms with Crippen molar-refractivity contribution in [2.75, 3.05) is 6.61 Å². The predicted octanol–water partition coefficient (Wildman–Crippen LogP) is 3.17. The standard InChI is InChI=1S/C25H31NO6/c1-17(27)26-21-23(28-14-18-10-6-4-7-11-18)22-20(16-30-25(2,3)32-22)31-24(21)29-15-19-12-8-5-9-13-19/h4-13,20-24H,14-16H2,1-3H3,(H,26,27)/t20-,21-,22-,23-,24-/m1/s1. The number of fused-ring (bicyclic) bond motifs is 1. The van der Waals surface area contributed by atoms with Crippen LogP contribution in [0.15, 0.2) is 60.7 Å². The Balaban J connectivity index is 1.57. The predicted molar refractivity (Wildman–Crippen MR) is 117 cm³/mol. The van der Waals surface area contributed by atoms with E-state index in [0.717, 1.165) is 11.1 Å². The highest BCUT2D eigenvalue weighted by atomic mass is 16.8.